The molecule has 1 N–H and O–H groups in total. The summed E-state index contributed by atoms with van der Waals surface area (Å²) in [6.07, 6.45) is 1.63. The highest BCUT2D eigenvalue weighted by atomic mass is 35.5. The lowest BCUT2D eigenvalue weighted by Crippen LogP contribution is -2.41. The third-order valence-corrected chi connectivity index (χ3v) is 5.27. The second-order valence-corrected chi connectivity index (χ2v) is 7.83. The van der Waals surface area contributed by atoms with E-state index < -0.39 is 10.0 Å². The molecule has 5 nitrogen and oxygen atoms in total. The van der Waals surface area contributed by atoms with E-state index in [0.29, 0.717) is 5.65 Å². The van der Waals surface area contributed by atoms with E-state index in [-0.39, 0.29) is 21.6 Å². The summed E-state index contributed by atoms with van der Waals surface area (Å²) in [7, 11) is -3.74. The number of nitrogens with one attached hydrogen (secondary N) is 1. The van der Waals surface area contributed by atoms with E-state index in [9.17, 15) is 8.42 Å². The third kappa shape index (κ3) is 2.82. The number of sulfonamides is 1. The van der Waals surface area contributed by atoms with Gasteiger partial charge in [0.2, 0.25) is 0 Å². The van der Waals surface area contributed by atoms with Crippen molar-refractivity contribution in [1.82, 2.24) is 14.1 Å². The molecular weight excluding hydrogens is 298 g/mol. The molecule has 0 fully saturated rings. The Hall–Kier alpha value is -1.11. The zero-order valence-corrected chi connectivity index (χ0v) is 13.5. The summed E-state index contributed by atoms with van der Waals surface area (Å²) in [5, 5.41) is -0.0457. The first-order valence-electron chi connectivity index (χ1n) is 6.28. The second-order valence-electron chi connectivity index (χ2n) is 5.85. The van der Waals surface area contributed by atoms with Gasteiger partial charge < -0.3 is 0 Å². The van der Waals surface area contributed by atoms with E-state index >= 15 is 0 Å². The number of pyridine rings is 1. The molecule has 0 aliphatic rings. The van der Waals surface area contributed by atoms with E-state index in [1.807, 2.05) is 27.7 Å². The Morgan fingerprint density at radius 2 is 2.00 bits per heavy atom. The van der Waals surface area contributed by atoms with Gasteiger partial charge >= 0.3 is 0 Å². The van der Waals surface area contributed by atoms with E-state index in [4.69, 9.17) is 11.6 Å². The molecule has 1 unspecified atom stereocenters. The fraction of sp³-hybridized carbons (Fsp3) is 0.462. The molecule has 0 aliphatic carbocycles. The maximum Gasteiger partial charge on any atom is 0.260 e. The van der Waals surface area contributed by atoms with Crippen molar-refractivity contribution in [3.8, 4) is 0 Å². The number of hydrogen-bond donors (Lipinski definition) is 1. The van der Waals surface area contributed by atoms with E-state index in [0.717, 1.165) is 0 Å². The molecule has 2 aromatic rings. The van der Waals surface area contributed by atoms with Gasteiger partial charge in [0.05, 0.1) is 0 Å². The summed E-state index contributed by atoms with van der Waals surface area (Å²) in [6, 6.07) is 4.98. The number of halogens is 1. The summed E-state index contributed by atoms with van der Waals surface area (Å²) in [5.74, 6) is 0. The molecule has 2 rings (SSSR count). The minimum Gasteiger partial charge on any atom is -0.288 e. The fourth-order valence-corrected chi connectivity index (χ4v) is 3.74. The molecule has 0 saturated heterocycles. The maximum absolute atomic E-state index is 12.5. The minimum absolute atomic E-state index is 0.0223. The molecule has 0 spiro atoms. The van der Waals surface area contributed by atoms with Crippen LogP contribution in [0.25, 0.3) is 5.65 Å². The van der Waals surface area contributed by atoms with Crippen LogP contribution in [0.2, 0.25) is 5.15 Å². The average Bonchev–Trinajstić information content (AvgIpc) is 2.63. The average molecular weight is 316 g/mol. The van der Waals surface area contributed by atoms with Gasteiger partial charge in [0, 0.05) is 12.2 Å². The first kappa shape index (κ1) is 15.3. The standard InChI is InChI=1S/C13H18ClN3O2S/c1-9(13(2,3)4)16-20(18,19)12-11(14)15-10-7-5-6-8-17(10)12/h5-9,16H,1-4H3. The van der Waals surface area contributed by atoms with Crippen LogP contribution in [0.4, 0.5) is 0 Å². The number of aromatic nitrogens is 2. The Balaban J connectivity index is 2.50. The normalized spacial score (nSPS) is 14.7. The van der Waals surface area contributed by atoms with E-state index in [2.05, 4.69) is 9.71 Å². The topological polar surface area (TPSA) is 63.5 Å². The van der Waals surface area contributed by atoms with Crippen molar-refractivity contribution in [3.63, 3.8) is 0 Å². The molecule has 0 amide bonds. The number of rotatable bonds is 3. The summed E-state index contributed by atoms with van der Waals surface area (Å²) in [5.41, 5.74) is 0.307. The second kappa shape index (κ2) is 5.02. The van der Waals surface area contributed by atoms with Crippen molar-refractivity contribution in [2.75, 3.05) is 0 Å². The summed E-state index contributed by atoms with van der Waals surface area (Å²) in [6.45, 7) is 7.73. The molecular formula is C13H18ClN3O2S. The van der Waals surface area contributed by atoms with Gasteiger partial charge in [0.1, 0.15) is 5.65 Å². The molecule has 1 atom stereocenters. The van der Waals surface area contributed by atoms with Crippen LogP contribution >= 0.6 is 11.6 Å². The van der Waals surface area contributed by atoms with Crippen LogP contribution in [0, 0.1) is 5.41 Å². The van der Waals surface area contributed by atoms with Crippen LogP contribution < -0.4 is 4.72 Å². The van der Waals surface area contributed by atoms with Crippen molar-refractivity contribution in [1.29, 1.82) is 0 Å². The molecule has 0 aromatic carbocycles. The SMILES string of the molecule is CC(NS(=O)(=O)c1c(Cl)nc2ccccn12)C(C)(C)C. The zero-order chi connectivity index (χ0) is 15.1. The Morgan fingerprint density at radius 3 is 2.60 bits per heavy atom. The van der Waals surface area contributed by atoms with Gasteiger partial charge in [-0.1, -0.05) is 38.4 Å². The Bertz CT molecular complexity index is 732. The predicted molar refractivity (Wildman–Crippen MR) is 79.4 cm³/mol. The van der Waals surface area contributed by atoms with Crippen LogP contribution in [-0.2, 0) is 10.0 Å². The Kier molecular flexibility index (Phi) is 3.83. The molecule has 0 bridgehead atoms. The van der Waals surface area contributed by atoms with E-state index in [1.54, 1.807) is 24.4 Å². The Morgan fingerprint density at radius 1 is 1.35 bits per heavy atom. The van der Waals surface area contributed by atoms with Gasteiger partial charge in [0.25, 0.3) is 10.0 Å². The maximum atomic E-state index is 12.5. The quantitative estimate of drug-likeness (QED) is 0.947. The number of nitrogens with zero attached hydrogens (tertiary/aromatic N) is 2. The van der Waals surface area contributed by atoms with E-state index in [1.165, 1.54) is 4.40 Å². The van der Waals surface area contributed by atoms with Crippen molar-refractivity contribution in [2.24, 2.45) is 5.41 Å². The van der Waals surface area contributed by atoms with Gasteiger partial charge in [-0.3, -0.25) is 4.40 Å². The monoisotopic (exact) mass is 315 g/mol. The minimum atomic E-state index is -3.74. The molecule has 0 aliphatic heterocycles. The van der Waals surface area contributed by atoms with Crippen molar-refractivity contribution < 1.29 is 8.42 Å². The Labute approximate surface area is 124 Å². The van der Waals surface area contributed by atoms with Gasteiger partial charge in [0.15, 0.2) is 10.2 Å². The van der Waals surface area contributed by atoms with Crippen LogP contribution in [0.5, 0.6) is 0 Å². The highest BCUT2D eigenvalue weighted by molar-refractivity contribution is 7.89. The summed E-state index contributed by atoms with van der Waals surface area (Å²) in [4.78, 5) is 4.06. The van der Waals surface area contributed by atoms with Crippen LogP contribution in [0.3, 0.4) is 0 Å². The predicted octanol–water partition coefficient (Wildman–Crippen LogP) is 2.70. The van der Waals surface area contributed by atoms with Gasteiger partial charge in [-0.2, -0.15) is 0 Å². The third-order valence-electron chi connectivity index (χ3n) is 3.33. The number of hydrogen-bond acceptors (Lipinski definition) is 3. The largest absolute Gasteiger partial charge is 0.288 e. The highest BCUT2D eigenvalue weighted by Gasteiger charge is 2.30. The summed E-state index contributed by atoms with van der Waals surface area (Å²) < 4.78 is 29.2. The first-order chi connectivity index (χ1) is 9.13. The molecule has 110 valence electrons. The van der Waals surface area contributed by atoms with Crippen molar-refractivity contribution >= 4 is 27.3 Å². The molecule has 7 heteroatoms. The number of imidazole rings is 1. The molecule has 20 heavy (non-hydrogen) atoms. The molecule has 2 heterocycles. The lowest BCUT2D eigenvalue weighted by molar-refractivity contribution is 0.317. The zero-order valence-electron chi connectivity index (χ0n) is 11.9. The van der Waals surface area contributed by atoms with Crippen LogP contribution in [0.15, 0.2) is 29.4 Å². The van der Waals surface area contributed by atoms with Crippen LogP contribution in [0.1, 0.15) is 27.7 Å². The van der Waals surface area contributed by atoms with Crippen molar-refractivity contribution in [3.05, 3.63) is 29.5 Å². The lowest BCUT2D eigenvalue weighted by Gasteiger charge is -2.27. The van der Waals surface area contributed by atoms with Crippen LogP contribution in [-0.4, -0.2) is 23.8 Å². The van der Waals surface area contributed by atoms with Gasteiger partial charge in [-0.05, 0) is 24.5 Å². The van der Waals surface area contributed by atoms with Crippen molar-refractivity contribution in [2.45, 2.75) is 38.8 Å². The fourth-order valence-electron chi connectivity index (χ4n) is 1.65. The smallest absolute Gasteiger partial charge is 0.260 e. The molecule has 0 saturated carbocycles. The number of fused-ring (bicyclic) bond motifs is 1. The molecule has 0 radical (unpaired) electrons. The van der Waals surface area contributed by atoms with Gasteiger partial charge in [-0.25, -0.2) is 18.1 Å². The molecule has 2 aromatic heterocycles. The highest BCUT2D eigenvalue weighted by Crippen LogP contribution is 2.25. The van der Waals surface area contributed by atoms with Gasteiger partial charge in [-0.15, -0.1) is 0 Å². The lowest BCUT2D eigenvalue weighted by atomic mass is 9.89. The summed E-state index contributed by atoms with van der Waals surface area (Å²) >= 11 is 6.00. The first-order valence-corrected chi connectivity index (χ1v) is 8.14.